The van der Waals surface area contributed by atoms with E-state index in [1.54, 1.807) is 0 Å². The summed E-state index contributed by atoms with van der Waals surface area (Å²) in [7, 11) is 0. The summed E-state index contributed by atoms with van der Waals surface area (Å²) in [4.78, 5) is 1.42. The van der Waals surface area contributed by atoms with E-state index < -0.39 is 0 Å². The van der Waals surface area contributed by atoms with Crippen molar-refractivity contribution in [3.05, 3.63) is 126 Å². The molecule has 0 fully saturated rings. The van der Waals surface area contributed by atoms with Gasteiger partial charge in [0.2, 0.25) is 0 Å². The zero-order valence-corrected chi connectivity index (χ0v) is 23.6. The van der Waals surface area contributed by atoms with E-state index in [1.807, 2.05) is 11.8 Å². The van der Waals surface area contributed by atoms with Crippen molar-refractivity contribution in [2.24, 2.45) is 0 Å². The van der Waals surface area contributed by atoms with E-state index in [0.717, 1.165) is 12.8 Å². The van der Waals surface area contributed by atoms with Crippen LogP contribution in [0.3, 0.4) is 0 Å². The topological polar surface area (TPSA) is 4.93 Å². The maximum atomic E-state index is 2.60. The second kappa shape index (κ2) is 7.72. The van der Waals surface area contributed by atoms with Crippen LogP contribution in [0.25, 0.3) is 66.5 Å². The van der Waals surface area contributed by atoms with Gasteiger partial charge in [-0.15, -0.1) is 11.8 Å². The summed E-state index contributed by atoms with van der Waals surface area (Å²) in [6.45, 7) is 2.42. The fourth-order valence-corrected chi connectivity index (χ4v) is 9.55. The first kappa shape index (κ1) is 22.4. The second-order valence-corrected chi connectivity index (χ2v) is 13.6. The number of benzene rings is 5. The molecular formula is C39H27NS. The highest BCUT2D eigenvalue weighted by Gasteiger charge is 2.43. The van der Waals surface area contributed by atoms with Crippen molar-refractivity contribution < 1.29 is 0 Å². The lowest BCUT2D eigenvalue weighted by molar-refractivity contribution is 0.704. The molecule has 5 aromatic carbocycles. The maximum Gasteiger partial charge on any atom is 0.0622 e. The standard InChI is InChI=1S/C39H27NS/c1-39-21-20-25(22-32(39)37-26-11-3-2-8-23(26)16-19-34(37)41-39)40-33-15-5-4-12-27(33)30-18-17-29-28-13-6-9-24-10-7-14-31(35(24)28)36(29)38(30)40/h2-3,5-11,13-22,32H,4,12H2,1H3. The Balaban J connectivity index is 1.29. The van der Waals surface area contributed by atoms with Gasteiger partial charge in [0.25, 0.3) is 0 Å². The fourth-order valence-electron chi connectivity index (χ4n) is 8.14. The molecule has 0 radical (unpaired) electrons. The lowest BCUT2D eigenvalue weighted by atomic mass is 9.81. The van der Waals surface area contributed by atoms with Gasteiger partial charge in [0.15, 0.2) is 0 Å². The highest BCUT2D eigenvalue weighted by molar-refractivity contribution is 8.01. The quantitative estimate of drug-likeness (QED) is 0.200. The first-order valence-corrected chi connectivity index (χ1v) is 15.5. The number of allylic oxidation sites excluding steroid dienone is 4. The van der Waals surface area contributed by atoms with Gasteiger partial charge in [0, 0.05) is 37.9 Å². The van der Waals surface area contributed by atoms with Crippen LogP contribution in [0.2, 0.25) is 0 Å². The van der Waals surface area contributed by atoms with Gasteiger partial charge in [0.05, 0.1) is 5.52 Å². The molecule has 194 valence electrons. The third kappa shape index (κ3) is 2.79. The molecule has 2 atom stereocenters. The molecule has 10 rings (SSSR count). The molecule has 6 aromatic rings. The molecule has 1 aromatic heterocycles. The summed E-state index contributed by atoms with van der Waals surface area (Å²) in [6.07, 6.45) is 14.4. The first-order valence-electron chi connectivity index (χ1n) is 14.7. The molecule has 4 aliphatic rings. The number of nitrogens with zero attached hydrogens (tertiary/aromatic N) is 1. The van der Waals surface area contributed by atoms with Crippen LogP contribution in [0, 0.1) is 0 Å². The average molecular weight is 542 g/mol. The van der Waals surface area contributed by atoms with Crippen molar-refractivity contribution in [2.45, 2.75) is 35.3 Å². The van der Waals surface area contributed by atoms with Crippen molar-refractivity contribution in [3.63, 3.8) is 0 Å². The van der Waals surface area contributed by atoms with Crippen molar-refractivity contribution in [2.75, 3.05) is 0 Å². The summed E-state index contributed by atoms with van der Waals surface area (Å²) in [5, 5.41) is 6.84. The van der Waals surface area contributed by atoms with E-state index in [1.165, 1.54) is 82.1 Å². The van der Waals surface area contributed by atoms with Gasteiger partial charge < -0.3 is 4.57 Å². The molecule has 2 unspecified atom stereocenters. The number of hydrogen-bond donors (Lipinski definition) is 0. The van der Waals surface area contributed by atoms with Gasteiger partial charge >= 0.3 is 0 Å². The maximum absolute atomic E-state index is 2.60. The summed E-state index contributed by atoms with van der Waals surface area (Å²) >= 11 is 2.02. The average Bonchev–Trinajstić information content (AvgIpc) is 3.63. The molecule has 0 bridgehead atoms. The molecule has 3 aliphatic carbocycles. The molecule has 0 N–H and O–H groups in total. The number of thioether (sulfide) groups is 1. The Morgan fingerprint density at radius 2 is 1.63 bits per heavy atom. The summed E-state index contributed by atoms with van der Waals surface area (Å²) in [5.41, 5.74) is 12.5. The molecule has 2 heteroatoms. The van der Waals surface area contributed by atoms with Crippen LogP contribution in [-0.2, 0) is 6.42 Å². The SMILES string of the molecule is CC12C=CC(n3c4c(c5ccc6c(c53)-c3cccc5cccc-6c35)CCC=C4)=CC1c1c(ccc3ccccc13)S2. The Morgan fingerprint density at radius 1 is 0.780 bits per heavy atom. The zero-order chi connectivity index (χ0) is 26.9. The molecule has 0 spiro atoms. The Morgan fingerprint density at radius 3 is 2.56 bits per heavy atom. The Labute approximate surface area is 243 Å². The number of hydrogen-bond acceptors (Lipinski definition) is 1. The van der Waals surface area contributed by atoms with E-state index in [4.69, 9.17) is 0 Å². The van der Waals surface area contributed by atoms with Crippen LogP contribution < -0.4 is 0 Å². The summed E-state index contributed by atoms with van der Waals surface area (Å²) in [5.74, 6) is 0.312. The van der Waals surface area contributed by atoms with Crippen molar-refractivity contribution >= 4 is 56.0 Å². The van der Waals surface area contributed by atoms with Crippen LogP contribution in [0.4, 0.5) is 0 Å². The second-order valence-electron chi connectivity index (χ2n) is 12.1. The third-order valence-electron chi connectivity index (χ3n) is 9.95. The Kier molecular flexibility index (Phi) is 4.22. The summed E-state index contributed by atoms with van der Waals surface area (Å²) in [6, 6.07) is 31.9. The fraction of sp³-hybridized carbons (Fsp3) is 0.128. The van der Waals surface area contributed by atoms with Crippen LogP contribution in [-0.4, -0.2) is 9.31 Å². The molecular weight excluding hydrogens is 515 g/mol. The minimum Gasteiger partial charge on any atom is -0.309 e. The van der Waals surface area contributed by atoms with Gasteiger partial charge in [-0.05, 0) is 87.3 Å². The molecule has 1 nitrogen and oxygen atoms in total. The predicted molar refractivity (Wildman–Crippen MR) is 176 cm³/mol. The van der Waals surface area contributed by atoms with E-state index in [9.17, 15) is 0 Å². The molecule has 0 saturated carbocycles. The summed E-state index contributed by atoms with van der Waals surface area (Å²) < 4.78 is 2.62. The molecule has 41 heavy (non-hydrogen) atoms. The van der Waals surface area contributed by atoms with E-state index >= 15 is 0 Å². The van der Waals surface area contributed by atoms with Gasteiger partial charge in [0.1, 0.15) is 0 Å². The normalized spacial score (nSPS) is 21.3. The zero-order valence-electron chi connectivity index (χ0n) is 22.8. The van der Waals surface area contributed by atoms with Crippen LogP contribution in [0.5, 0.6) is 0 Å². The number of fused-ring (bicyclic) bond motifs is 12. The molecule has 0 amide bonds. The van der Waals surface area contributed by atoms with Crippen LogP contribution in [0.1, 0.15) is 36.1 Å². The molecule has 2 heterocycles. The van der Waals surface area contributed by atoms with E-state index in [0.29, 0.717) is 5.92 Å². The lowest BCUT2D eigenvalue weighted by Gasteiger charge is -2.31. The number of aromatic nitrogens is 1. The van der Waals surface area contributed by atoms with E-state index in [-0.39, 0.29) is 4.75 Å². The lowest BCUT2D eigenvalue weighted by Crippen LogP contribution is -2.24. The Bertz CT molecular complexity index is 2250. The minimum absolute atomic E-state index is 0.0125. The third-order valence-corrected chi connectivity index (χ3v) is 11.4. The van der Waals surface area contributed by atoms with Crippen molar-refractivity contribution in [1.29, 1.82) is 0 Å². The largest absolute Gasteiger partial charge is 0.309 e. The highest BCUT2D eigenvalue weighted by atomic mass is 32.2. The molecule has 0 saturated heterocycles. The van der Waals surface area contributed by atoms with Gasteiger partial charge in [-0.25, -0.2) is 0 Å². The Hall–Kier alpha value is -4.27. The smallest absolute Gasteiger partial charge is 0.0622 e. The minimum atomic E-state index is 0.0125. The van der Waals surface area contributed by atoms with Gasteiger partial charge in [-0.3, -0.25) is 0 Å². The van der Waals surface area contributed by atoms with Gasteiger partial charge in [-0.1, -0.05) is 97.1 Å². The van der Waals surface area contributed by atoms with E-state index in [2.05, 4.69) is 127 Å². The van der Waals surface area contributed by atoms with Crippen LogP contribution >= 0.6 is 11.8 Å². The predicted octanol–water partition coefficient (Wildman–Crippen LogP) is 10.6. The van der Waals surface area contributed by atoms with Crippen LogP contribution in [0.15, 0.2) is 114 Å². The number of aryl methyl sites for hydroxylation is 1. The van der Waals surface area contributed by atoms with Crippen molar-refractivity contribution in [1.82, 2.24) is 4.57 Å². The highest BCUT2D eigenvalue weighted by Crippen LogP contribution is 2.59. The monoisotopic (exact) mass is 541 g/mol. The first-order chi connectivity index (χ1) is 20.2. The van der Waals surface area contributed by atoms with Crippen molar-refractivity contribution in [3.8, 4) is 22.3 Å². The molecule has 1 aliphatic heterocycles. The number of rotatable bonds is 1. The van der Waals surface area contributed by atoms with Gasteiger partial charge in [-0.2, -0.15) is 0 Å².